The first-order valence-electron chi connectivity index (χ1n) is 4.94. The molecule has 2 heterocycles. The van der Waals surface area contributed by atoms with Crippen molar-refractivity contribution in [3.63, 3.8) is 0 Å². The second-order valence-corrected chi connectivity index (χ2v) is 3.65. The Morgan fingerprint density at radius 1 is 1.64 bits per heavy atom. The SMILES string of the molecule is C=C1C=C(C(C)CC)Nc2ccnn21. The lowest BCUT2D eigenvalue weighted by molar-refractivity contribution is 0.653. The first kappa shape index (κ1) is 9.06. The maximum absolute atomic E-state index is 4.17. The van der Waals surface area contributed by atoms with Crippen molar-refractivity contribution < 1.29 is 0 Å². The molecule has 0 aromatic carbocycles. The van der Waals surface area contributed by atoms with E-state index in [4.69, 9.17) is 0 Å². The van der Waals surface area contributed by atoms with Crippen LogP contribution in [0.15, 0.2) is 30.6 Å². The van der Waals surface area contributed by atoms with E-state index in [0.29, 0.717) is 5.92 Å². The Hall–Kier alpha value is -1.51. The molecule has 1 aliphatic rings. The summed E-state index contributed by atoms with van der Waals surface area (Å²) in [6.07, 6.45) is 4.97. The van der Waals surface area contributed by atoms with Gasteiger partial charge in [0.2, 0.25) is 0 Å². The highest BCUT2D eigenvalue weighted by atomic mass is 15.3. The second kappa shape index (κ2) is 3.33. The van der Waals surface area contributed by atoms with Gasteiger partial charge in [0.15, 0.2) is 0 Å². The third kappa shape index (κ3) is 1.35. The second-order valence-electron chi connectivity index (χ2n) is 3.65. The standard InChI is InChI=1S/C11H15N3/c1-4-8(2)10-7-9(3)14-11(13-10)5-6-12-14/h5-8,13H,3-4H2,1-2H3. The Bertz CT molecular complexity index is 387. The summed E-state index contributed by atoms with van der Waals surface area (Å²) in [6, 6.07) is 1.96. The molecule has 1 atom stereocenters. The fourth-order valence-electron chi connectivity index (χ4n) is 1.54. The topological polar surface area (TPSA) is 29.9 Å². The monoisotopic (exact) mass is 189 g/mol. The fourth-order valence-corrected chi connectivity index (χ4v) is 1.54. The molecule has 1 aromatic rings. The molecule has 1 aliphatic heterocycles. The molecule has 0 amide bonds. The molecule has 0 fully saturated rings. The van der Waals surface area contributed by atoms with Crippen molar-refractivity contribution in [2.24, 2.45) is 5.92 Å². The molecule has 1 aromatic heterocycles. The van der Waals surface area contributed by atoms with E-state index in [1.165, 1.54) is 5.70 Å². The number of hydrogen-bond acceptors (Lipinski definition) is 2. The van der Waals surface area contributed by atoms with Gasteiger partial charge in [0, 0.05) is 11.8 Å². The molecule has 0 saturated heterocycles. The Labute approximate surface area is 84.1 Å². The van der Waals surface area contributed by atoms with Crippen LogP contribution in [0.3, 0.4) is 0 Å². The van der Waals surface area contributed by atoms with Gasteiger partial charge in [-0.2, -0.15) is 5.10 Å². The van der Waals surface area contributed by atoms with E-state index in [0.717, 1.165) is 17.9 Å². The van der Waals surface area contributed by atoms with Crippen LogP contribution in [0.4, 0.5) is 5.82 Å². The number of rotatable bonds is 2. The van der Waals surface area contributed by atoms with Crippen LogP contribution in [0.5, 0.6) is 0 Å². The van der Waals surface area contributed by atoms with Gasteiger partial charge in [0.25, 0.3) is 0 Å². The highest BCUT2D eigenvalue weighted by Gasteiger charge is 2.15. The van der Waals surface area contributed by atoms with Crippen LogP contribution in [0, 0.1) is 5.92 Å². The molecule has 0 aliphatic carbocycles. The lowest BCUT2D eigenvalue weighted by Crippen LogP contribution is -2.16. The van der Waals surface area contributed by atoms with E-state index in [1.54, 1.807) is 6.20 Å². The fraction of sp³-hybridized carbons (Fsp3) is 0.364. The molecule has 1 N–H and O–H groups in total. The number of fused-ring (bicyclic) bond motifs is 1. The first-order valence-corrected chi connectivity index (χ1v) is 4.94. The molecule has 1 unspecified atom stereocenters. The summed E-state index contributed by atoms with van der Waals surface area (Å²) in [4.78, 5) is 0. The summed E-state index contributed by atoms with van der Waals surface area (Å²) in [7, 11) is 0. The molecule has 14 heavy (non-hydrogen) atoms. The highest BCUT2D eigenvalue weighted by molar-refractivity contribution is 5.67. The van der Waals surface area contributed by atoms with Crippen molar-refractivity contribution >= 4 is 11.5 Å². The van der Waals surface area contributed by atoms with E-state index in [-0.39, 0.29) is 0 Å². The quantitative estimate of drug-likeness (QED) is 0.775. The minimum Gasteiger partial charge on any atom is -0.343 e. The van der Waals surface area contributed by atoms with Gasteiger partial charge in [-0.15, -0.1) is 0 Å². The molecule has 0 saturated carbocycles. The third-order valence-corrected chi connectivity index (χ3v) is 2.65. The van der Waals surface area contributed by atoms with Gasteiger partial charge in [-0.25, -0.2) is 4.68 Å². The summed E-state index contributed by atoms with van der Waals surface area (Å²) >= 11 is 0. The Morgan fingerprint density at radius 3 is 3.14 bits per heavy atom. The average molecular weight is 189 g/mol. The highest BCUT2D eigenvalue weighted by Crippen LogP contribution is 2.26. The van der Waals surface area contributed by atoms with Gasteiger partial charge in [0.05, 0.1) is 11.9 Å². The lowest BCUT2D eigenvalue weighted by atomic mass is 10.0. The molecular formula is C11H15N3. The van der Waals surface area contributed by atoms with Crippen LogP contribution in [-0.2, 0) is 0 Å². The van der Waals surface area contributed by atoms with Crippen molar-refractivity contribution in [3.8, 4) is 0 Å². The molecule has 2 rings (SSSR count). The zero-order chi connectivity index (χ0) is 10.1. The summed E-state index contributed by atoms with van der Waals surface area (Å²) in [5.41, 5.74) is 2.16. The molecule has 3 heteroatoms. The van der Waals surface area contributed by atoms with Gasteiger partial charge in [-0.3, -0.25) is 0 Å². The third-order valence-electron chi connectivity index (χ3n) is 2.65. The van der Waals surface area contributed by atoms with Crippen molar-refractivity contribution in [3.05, 3.63) is 30.6 Å². The lowest BCUT2D eigenvalue weighted by Gasteiger charge is -2.22. The predicted molar refractivity (Wildman–Crippen MR) is 58.7 cm³/mol. The molecular weight excluding hydrogens is 174 g/mol. The van der Waals surface area contributed by atoms with Crippen LogP contribution in [0.25, 0.3) is 5.70 Å². The Balaban J connectivity index is 2.31. The van der Waals surface area contributed by atoms with E-state index in [1.807, 2.05) is 10.7 Å². The minimum absolute atomic E-state index is 0.537. The van der Waals surface area contributed by atoms with Crippen LogP contribution in [0.2, 0.25) is 0 Å². The van der Waals surface area contributed by atoms with Crippen LogP contribution >= 0.6 is 0 Å². The first-order chi connectivity index (χ1) is 6.72. The number of hydrogen-bond donors (Lipinski definition) is 1. The number of aromatic nitrogens is 2. The number of nitrogens with one attached hydrogen (secondary N) is 1. The van der Waals surface area contributed by atoms with E-state index in [2.05, 4.69) is 36.9 Å². The zero-order valence-corrected chi connectivity index (χ0v) is 8.62. The van der Waals surface area contributed by atoms with Crippen LogP contribution < -0.4 is 5.32 Å². The van der Waals surface area contributed by atoms with Crippen molar-refractivity contribution in [2.75, 3.05) is 5.32 Å². The predicted octanol–water partition coefficient (Wildman–Crippen LogP) is 2.71. The van der Waals surface area contributed by atoms with Crippen LogP contribution in [0.1, 0.15) is 20.3 Å². The van der Waals surface area contributed by atoms with Crippen LogP contribution in [-0.4, -0.2) is 9.78 Å². The van der Waals surface area contributed by atoms with E-state index in [9.17, 15) is 0 Å². The zero-order valence-electron chi connectivity index (χ0n) is 8.62. The number of nitrogens with zero attached hydrogens (tertiary/aromatic N) is 2. The summed E-state index contributed by atoms with van der Waals surface area (Å²) < 4.78 is 1.81. The van der Waals surface area contributed by atoms with Gasteiger partial charge >= 0.3 is 0 Å². The number of allylic oxidation sites excluding steroid dienone is 3. The molecule has 0 spiro atoms. The molecule has 74 valence electrons. The Morgan fingerprint density at radius 2 is 2.43 bits per heavy atom. The maximum Gasteiger partial charge on any atom is 0.133 e. The van der Waals surface area contributed by atoms with E-state index < -0.39 is 0 Å². The van der Waals surface area contributed by atoms with E-state index >= 15 is 0 Å². The summed E-state index contributed by atoms with van der Waals surface area (Å²) in [5.74, 6) is 1.54. The molecule has 0 bridgehead atoms. The normalized spacial score (nSPS) is 17.0. The van der Waals surface area contributed by atoms with Gasteiger partial charge in [-0.05, 0) is 18.4 Å². The minimum atomic E-state index is 0.537. The van der Waals surface area contributed by atoms with Gasteiger partial charge < -0.3 is 5.32 Å². The molecule has 0 radical (unpaired) electrons. The van der Waals surface area contributed by atoms with Crippen molar-refractivity contribution in [1.82, 2.24) is 9.78 Å². The summed E-state index contributed by atoms with van der Waals surface area (Å²) in [6.45, 7) is 8.37. The average Bonchev–Trinajstić information content (AvgIpc) is 2.64. The molecule has 3 nitrogen and oxygen atoms in total. The van der Waals surface area contributed by atoms with Gasteiger partial charge in [-0.1, -0.05) is 20.4 Å². The smallest absolute Gasteiger partial charge is 0.133 e. The van der Waals surface area contributed by atoms with Crippen molar-refractivity contribution in [2.45, 2.75) is 20.3 Å². The van der Waals surface area contributed by atoms with Gasteiger partial charge in [0.1, 0.15) is 5.82 Å². The number of anilines is 1. The van der Waals surface area contributed by atoms with Crippen molar-refractivity contribution in [1.29, 1.82) is 0 Å². The Kier molecular flexibility index (Phi) is 2.15. The maximum atomic E-state index is 4.17. The summed E-state index contributed by atoms with van der Waals surface area (Å²) in [5, 5.41) is 7.53. The largest absolute Gasteiger partial charge is 0.343 e.